The predicted octanol–water partition coefficient (Wildman–Crippen LogP) is 3.35. The van der Waals surface area contributed by atoms with Gasteiger partial charge in [-0.2, -0.15) is 0 Å². The minimum absolute atomic E-state index is 0.216. The Bertz CT molecular complexity index is 814. The summed E-state index contributed by atoms with van der Waals surface area (Å²) in [4.78, 5) is 12.3. The minimum atomic E-state index is -0.216. The maximum absolute atomic E-state index is 12.3. The molecule has 2 aromatic carbocycles. The molecule has 0 aromatic heterocycles. The molecule has 1 heterocycles. The van der Waals surface area contributed by atoms with Crippen LogP contribution in [0.1, 0.15) is 18.1 Å². The van der Waals surface area contributed by atoms with Gasteiger partial charge in [0.2, 0.25) is 5.75 Å². The van der Waals surface area contributed by atoms with Gasteiger partial charge in [0.05, 0.1) is 12.8 Å². The summed E-state index contributed by atoms with van der Waals surface area (Å²) in [6, 6.07) is 11.6. The van der Waals surface area contributed by atoms with E-state index in [0.717, 1.165) is 11.3 Å². The van der Waals surface area contributed by atoms with Crippen LogP contribution in [0.15, 0.2) is 42.5 Å². The highest BCUT2D eigenvalue weighted by Crippen LogP contribution is 2.40. The zero-order chi connectivity index (χ0) is 19.2. The van der Waals surface area contributed by atoms with Crippen molar-refractivity contribution in [3.8, 4) is 17.2 Å². The van der Waals surface area contributed by atoms with Gasteiger partial charge in [-0.3, -0.25) is 15.2 Å². The highest BCUT2D eigenvalue weighted by molar-refractivity contribution is 5.92. The second-order valence-corrected chi connectivity index (χ2v) is 6.14. The summed E-state index contributed by atoms with van der Waals surface area (Å²) in [5, 5.41) is 1.80. The first kappa shape index (κ1) is 18.6. The number of carbonyl (C=O) groups excluding carboxylic acids is 1. The van der Waals surface area contributed by atoms with Gasteiger partial charge in [-0.25, -0.2) is 0 Å². The van der Waals surface area contributed by atoms with Crippen LogP contribution >= 0.6 is 0 Å². The summed E-state index contributed by atoms with van der Waals surface area (Å²) < 4.78 is 16.6. The lowest BCUT2D eigenvalue weighted by Crippen LogP contribution is -2.41. The fraction of sp³-hybridized carbons (Fsp3) is 0.286. The molecule has 0 fully saturated rings. The number of methoxy groups -OCH3 is 1. The molecule has 2 aromatic rings. The number of aryl methyl sites for hydroxylation is 1. The van der Waals surface area contributed by atoms with Gasteiger partial charge < -0.3 is 14.2 Å². The lowest BCUT2D eigenvalue weighted by atomic mass is 10.1. The summed E-state index contributed by atoms with van der Waals surface area (Å²) in [7, 11) is 1.58. The molecule has 3 rings (SSSR count). The average molecular weight is 368 g/mol. The van der Waals surface area contributed by atoms with E-state index in [1.54, 1.807) is 18.2 Å². The summed E-state index contributed by atoms with van der Waals surface area (Å²) >= 11 is 0. The van der Waals surface area contributed by atoms with Crippen LogP contribution in [0.25, 0.3) is 6.08 Å². The van der Waals surface area contributed by atoms with Crippen molar-refractivity contribution in [3.05, 3.63) is 53.6 Å². The average Bonchev–Trinajstić information content (AvgIpc) is 2.70. The molecular formula is C21H24N2O4. The SMILES string of the molecule is CCN(NC(=O)/C=C/c1cc(OC)c2c(c1)OCCO2)c1ccc(C)cc1. The van der Waals surface area contributed by atoms with E-state index in [1.165, 1.54) is 11.6 Å². The van der Waals surface area contributed by atoms with E-state index >= 15 is 0 Å². The van der Waals surface area contributed by atoms with Gasteiger partial charge in [-0.1, -0.05) is 17.7 Å². The molecule has 1 amide bonds. The van der Waals surface area contributed by atoms with Crippen molar-refractivity contribution in [3.63, 3.8) is 0 Å². The number of nitrogens with one attached hydrogen (secondary N) is 1. The molecule has 0 unspecified atom stereocenters. The smallest absolute Gasteiger partial charge is 0.262 e. The molecular weight excluding hydrogens is 344 g/mol. The largest absolute Gasteiger partial charge is 0.493 e. The lowest BCUT2D eigenvalue weighted by Gasteiger charge is -2.23. The van der Waals surface area contributed by atoms with Gasteiger partial charge in [0, 0.05) is 12.6 Å². The Labute approximate surface area is 159 Å². The lowest BCUT2D eigenvalue weighted by molar-refractivity contribution is -0.116. The van der Waals surface area contributed by atoms with Crippen LogP contribution in [0.5, 0.6) is 17.2 Å². The van der Waals surface area contributed by atoms with Crippen LogP contribution in [0.3, 0.4) is 0 Å². The topological polar surface area (TPSA) is 60.0 Å². The first-order chi connectivity index (χ1) is 13.1. The van der Waals surface area contributed by atoms with Crippen molar-refractivity contribution in [2.24, 2.45) is 0 Å². The van der Waals surface area contributed by atoms with Crippen molar-refractivity contribution in [1.82, 2.24) is 5.43 Å². The van der Waals surface area contributed by atoms with Gasteiger partial charge in [0.1, 0.15) is 13.2 Å². The highest BCUT2D eigenvalue weighted by atomic mass is 16.6. The number of hydrazine groups is 1. The standard InChI is InChI=1S/C21H24N2O4/c1-4-23(17-8-5-15(2)6-9-17)22-20(24)10-7-16-13-18(25-3)21-19(14-16)26-11-12-27-21/h5-10,13-14H,4,11-12H2,1-3H3,(H,22,24)/b10-7+. The number of amides is 1. The maximum atomic E-state index is 12.3. The van der Waals surface area contributed by atoms with Crippen LogP contribution < -0.4 is 24.6 Å². The summed E-state index contributed by atoms with van der Waals surface area (Å²) in [5.41, 5.74) is 5.79. The maximum Gasteiger partial charge on any atom is 0.262 e. The molecule has 0 saturated carbocycles. The first-order valence-electron chi connectivity index (χ1n) is 8.91. The minimum Gasteiger partial charge on any atom is -0.493 e. The van der Waals surface area contributed by atoms with E-state index in [4.69, 9.17) is 14.2 Å². The van der Waals surface area contributed by atoms with Crippen molar-refractivity contribution in [2.75, 3.05) is 31.9 Å². The Morgan fingerprint density at radius 1 is 1.22 bits per heavy atom. The Morgan fingerprint density at radius 3 is 2.67 bits per heavy atom. The van der Waals surface area contributed by atoms with Gasteiger partial charge >= 0.3 is 0 Å². The first-order valence-corrected chi connectivity index (χ1v) is 8.91. The summed E-state index contributed by atoms with van der Waals surface area (Å²) in [6.45, 7) is 5.65. The zero-order valence-electron chi connectivity index (χ0n) is 15.8. The number of rotatable bonds is 6. The van der Waals surface area contributed by atoms with Crippen LogP contribution in [-0.4, -0.2) is 32.8 Å². The van der Waals surface area contributed by atoms with E-state index in [1.807, 2.05) is 50.2 Å². The zero-order valence-corrected chi connectivity index (χ0v) is 15.8. The van der Waals surface area contributed by atoms with E-state index < -0.39 is 0 Å². The van der Waals surface area contributed by atoms with Crippen molar-refractivity contribution in [2.45, 2.75) is 13.8 Å². The number of nitrogens with zero attached hydrogens (tertiary/aromatic N) is 1. The van der Waals surface area contributed by atoms with E-state index in [2.05, 4.69) is 5.43 Å². The number of hydrogen-bond donors (Lipinski definition) is 1. The molecule has 0 radical (unpaired) electrons. The second-order valence-electron chi connectivity index (χ2n) is 6.14. The monoisotopic (exact) mass is 368 g/mol. The number of carbonyl (C=O) groups is 1. The molecule has 1 N–H and O–H groups in total. The molecule has 0 aliphatic carbocycles. The van der Waals surface area contributed by atoms with Crippen molar-refractivity contribution < 1.29 is 19.0 Å². The third-order valence-corrected chi connectivity index (χ3v) is 4.18. The van der Waals surface area contributed by atoms with Gasteiger partial charge in [-0.15, -0.1) is 0 Å². The Kier molecular flexibility index (Phi) is 5.86. The molecule has 0 spiro atoms. The predicted molar refractivity (Wildman–Crippen MR) is 105 cm³/mol. The van der Waals surface area contributed by atoms with Crippen LogP contribution in [0.4, 0.5) is 5.69 Å². The molecule has 0 atom stereocenters. The van der Waals surface area contributed by atoms with Crippen LogP contribution in [-0.2, 0) is 4.79 Å². The molecule has 27 heavy (non-hydrogen) atoms. The molecule has 0 bridgehead atoms. The van der Waals surface area contributed by atoms with E-state index in [0.29, 0.717) is 37.0 Å². The van der Waals surface area contributed by atoms with Crippen LogP contribution in [0.2, 0.25) is 0 Å². The van der Waals surface area contributed by atoms with E-state index in [-0.39, 0.29) is 5.91 Å². The van der Waals surface area contributed by atoms with Crippen molar-refractivity contribution >= 4 is 17.7 Å². The highest BCUT2D eigenvalue weighted by Gasteiger charge is 2.17. The molecule has 142 valence electrons. The van der Waals surface area contributed by atoms with Gasteiger partial charge in [-0.05, 0) is 49.8 Å². The summed E-state index contributed by atoms with van der Waals surface area (Å²) in [5.74, 6) is 1.59. The van der Waals surface area contributed by atoms with Gasteiger partial charge in [0.15, 0.2) is 11.5 Å². The fourth-order valence-electron chi connectivity index (χ4n) is 2.78. The quantitative estimate of drug-likeness (QED) is 0.626. The van der Waals surface area contributed by atoms with E-state index in [9.17, 15) is 4.79 Å². The number of anilines is 1. The molecule has 6 nitrogen and oxygen atoms in total. The number of fused-ring (bicyclic) bond motifs is 1. The number of benzene rings is 2. The fourth-order valence-corrected chi connectivity index (χ4v) is 2.78. The third-order valence-electron chi connectivity index (χ3n) is 4.18. The Balaban J connectivity index is 1.71. The molecule has 6 heteroatoms. The third kappa shape index (κ3) is 4.53. The molecule has 1 aliphatic rings. The molecule has 0 saturated heterocycles. The van der Waals surface area contributed by atoms with Gasteiger partial charge in [0.25, 0.3) is 5.91 Å². The normalized spacial score (nSPS) is 12.7. The Morgan fingerprint density at radius 2 is 1.96 bits per heavy atom. The summed E-state index contributed by atoms with van der Waals surface area (Å²) in [6.07, 6.45) is 3.21. The molecule has 1 aliphatic heterocycles. The second kappa shape index (κ2) is 8.49. The number of ether oxygens (including phenoxy) is 3. The van der Waals surface area contributed by atoms with Crippen LogP contribution in [0, 0.1) is 6.92 Å². The van der Waals surface area contributed by atoms with Crippen molar-refractivity contribution in [1.29, 1.82) is 0 Å². The Hall–Kier alpha value is -3.15. The number of hydrogen-bond acceptors (Lipinski definition) is 5.